The molecule has 2 heterocycles. The van der Waals surface area contributed by atoms with Gasteiger partial charge in [-0.1, -0.05) is 6.92 Å². The minimum atomic E-state index is 0.676. The highest BCUT2D eigenvalue weighted by molar-refractivity contribution is 5.42. The Morgan fingerprint density at radius 2 is 2.11 bits per heavy atom. The van der Waals surface area contributed by atoms with Crippen LogP contribution in [0.2, 0.25) is 0 Å². The predicted octanol–water partition coefficient (Wildman–Crippen LogP) is 1.95. The Kier molecular flexibility index (Phi) is 4.33. The average Bonchev–Trinajstić information content (AvgIpc) is 2.79. The number of rotatable bonds is 6. The third-order valence-corrected chi connectivity index (χ3v) is 2.62. The molecule has 0 aliphatic carbocycles. The molecule has 6 heteroatoms. The average molecular weight is 260 g/mol. The predicted molar refractivity (Wildman–Crippen MR) is 76.1 cm³/mol. The van der Waals surface area contributed by atoms with Crippen molar-refractivity contribution < 1.29 is 0 Å². The molecule has 0 radical (unpaired) electrons. The molecule has 2 N–H and O–H groups in total. The van der Waals surface area contributed by atoms with E-state index in [1.54, 1.807) is 4.68 Å². The summed E-state index contributed by atoms with van der Waals surface area (Å²) in [6.45, 7) is 5.67. The molecule has 2 aromatic heterocycles. The molecule has 0 saturated heterocycles. The molecule has 0 saturated carbocycles. The van der Waals surface area contributed by atoms with E-state index in [0.29, 0.717) is 12.5 Å². The lowest BCUT2D eigenvalue weighted by molar-refractivity contribution is 0.767. The van der Waals surface area contributed by atoms with E-state index in [-0.39, 0.29) is 0 Å². The van der Waals surface area contributed by atoms with Gasteiger partial charge < -0.3 is 10.6 Å². The minimum Gasteiger partial charge on any atom is -0.366 e. The number of anilines is 2. The molecule has 0 aliphatic heterocycles. The van der Waals surface area contributed by atoms with Crippen LogP contribution in [0.3, 0.4) is 0 Å². The molecule has 0 fully saturated rings. The monoisotopic (exact) mass is 260 g/mol. The van der Waals surface area contributed by atoms with Crippen LogP contribution in [0.5, 0.6) is 0 Å². The number of hydrogen-bond acceptors (Lipinski definition) is 5. The van der Waals surface area contributed by atoms with Crippen LogP contribution < -0.4 is 10.6 Å². The van der Waals surface area contributed by atoms with Crippen LogP contribution in [0, 0.1) is 6.92 Å². The SMILES string of the molecule is CCCNc1nc(C)cc(NCc2cnn(C)c2)n1. The first kappa shape index (κ1) is 13.3. The number of nitrogens with one attached hydrogen (secondary N) is 2. The smallest absolute Gasteiger partial charge is 0.224 e. The summed E-state index contributed by atoms with van der Waals surface area (Å²) >= 11 is 0. The molecule has 6 nitrogen and oxygen atoms in total. The van der Waals surface area contributed by atoms with E-state index in [1.165, 1.54) is 0 Å². The van der Waals surface area contributed by atoms with Crippen LogP contribution in [0.25, 0.3) is 0 Å². The topological polar surface area (TPSA) is 67.7 Å². The summed E-state index contributed by atoms with van der Waals surface area (Å²) < 4.78 is 1.79. The molecule has 2 rings (SSSR count). The fraction of sp³-hybridized carbons (Fsp3) is 0.462. The van der Waals surface area contributed by atoms with Gasteiger partial charge in [0.1, 0.15) is 5.82 Å². The highest BCUT2D eigenvalue weighted by Crippen LogP contribution is 2.11. The van der Waals surface area contributed by atoms with Crippen LogP contribution in [-0.2, 0) is 13.6 Å². The standard InChI is InChI=1S/C13H20N6/c1-4-5-14-13-17-10(2)6-12(18-13)15-7-11-8-16-19(3)9-11/h6,8-9H,4-5,7H2,1-3H3,(H2,14,15,17,18). The van der Waals surface area contributed by atoms with Crippen LogP contribution in [0.4, 0.5) is 11.8 Å². The molecule has 0 spiro atoms. The van der Waals surface area contributed by atoms with E-state index in [1.807, 2.05) is 32.4 Å². The Morgan fingerprint density at radius 1 is 1.26 bits per heavy atom. The molecule has 19 heavy (non-hydrogen) atoms. The summed E-state index contributed by atoms with van der Waals surface area (Å²) in [5, 5.41) is 10.6. The maximum Gasteiger partial charge on any atom is 0.224 e. The Hall–Kier alpha value is -2.11. The van der Waals surface area contributed by atoms with Gasteiger partial charge in [0.25, 0.3) is 0 Å². The van der Waals surface area contributed by atoms with Crippen molar-refractivity contribution in [1.29, 1.82) is 0 Å². The van der Waals surface area contributed by atoms with E-state index in [9.17, 15) is 0 Å². The van der Waals surface area contributed by atoms with Gasteiger partial charge in [0.15, 0.2) is 0 Å². The first-order valence-electron chi connectivity index (χ1n) is 6.48. The van der Waals surface area contributed by atoms with Crippen LogP contribution in [0.15, 0.2) is 18.5 Å². The third kappa shape index (κ3) is 3.94. The highest BCUT2D eigenvalue weighted by Gasteiger charge is 2.02. The molecular formula is C13H20N6. The van der Waals surface area contributed by atoms with E-state index in [2.05, 4.69) is 32.6 Å². The largest absolute Gasteiger partial charge is 0.366 e. The first-order valence-corrected chi connectivity index (χ1v) is 6.48. The second-order valence-corrected chi connectivity index (χ2v) is 4.52. The molecule has 0 bridgehead atoms. The summed E-state index contributed by atoms with van der Waals surface area (Å²) in [7, 11) is 1.91. The van der Waals surface area contributed by atoms with Crippen molar-refractivity contribution in [2.24, 2.45) is 7.05 Å². The maximum absolute atomic E-state index is 4.43. The maximum atomic E-state index is 4.43. The molecule has 0 atom stereocenters. The number of aryl methyl sites for hydroxylation is 2. The Bertz CT molecular complexity index is 534. The van der Waals surface area contributed by atoms with Crippen molar-refractivity contribution in [1.82, 2.24) is 19.7 Å². The van der Waals surface area contributed by atoms with Gasteiger partial charge in [-0.3, -0.25) is 4.68 Å². The Labute approximate surface area is 113 Å². The Morgan fingerprint density at radius 3 is 2.79 bits per heavy atom. The molecule has 102 valence electrons. The van der Waals surface area contributed by atoms with Gasteiger partial charge in [0.2, 0.25) is 5.95 Å². The fourth-order valence-electron chi connectivity index (χ4n) is 1.73. The van der Waals surface area contributed by atoms with Crippen molar-refractivity contribution >= 4 is 11.8 Å². The van der Waals surface area contributed by atoms with Crippen molar-refractivity contribution in [2.45, 2.75) is 26.8 Å². The molecule has 0 unspecified atom stereocenters. The van der Waals surface area contributed by atoms with Crippen molar-refractivity contribution in [3.05, 3.63) is 29.7 Å². The van der Waals surface area contributed by atoms with E-state index in [0.717, 1.165) is 30.0 Å². The number of nitrogens with zero attached hydrogens (tertiary/aromatic N) is 4. The van der Waals surface area contributed by atoms with E-state index < -0.39 is 0 Å². The lowest BCUT2D eigenvalue weighted by atomic mass is 10.3. The van der Waals surface area contributed by atoms with Gasteiger partial charge in [-0.05, 0) is 13.3 Å². The first-order chi connectivity index (χ1) is 9.17. The third-order valence-electron chi connectivity index (χ3n) is 2.62. The van der Waals surface area contributed by atoms with Gasteiger partial charge in [-0.15, -0.1) is 0 Å². The lowest BCUT2D eigenvalue weighted by Gasteiger charge is -2.08. The zero-order valence-corrected chi connectivity index (χ0v) is 11.6. The summed E-state index contributed by atoms with van der Waals surface area (Å²) in [4.78, 5) is 8.78. The molecule has 0 amide bonds. The van der Waals surface area contributed by atoms with Crippen molar-refractivity contribution in [2.75, 3.05) is 17.2 Å². The highest BCUT2D eigenvalue weighted by atomic mass is 15.2. The normalized spacial score (nSPS) is 10.5. The quantitative estimate of drug-likeness (QED) is 0.831. The van der Waals surface area contributed by atoms with Crippen LogP contribution in [-0.4, -0.2) is 26.3 Å². The Balaban J connectivity index is 2.01. The zero-order valence-electron chi connectivity index (χ0n) is 11.6. The summed E-state index contributed by atoms with van der Waals surface area (Å²) in [5.41, 5.74) is 2.07. The van der Waals surface area contributed by atoms with Crippen molar-refractivity contribution in [3.8, 4) is 0 Å². The molecular weight excluding hydrogens is 240 g/mol. The van der Waals surface area contributed by atoms with Gasteiger partial charge >= 0.3 is 0 Å². The van der Waals surface area contributed by atoms with Crippen LogP contribution >= 0.6 is 0 Å². The second-order valence-electron chi connectivity index (χ2n) is 4.52. The zero-order chi connectivity index (χ0) is 13.7. The molecule has 0 aliphatic rings. The van der Waals surface area contributed by atoms with E-state index in [4.69, 9.17) is 0 Å². The van der Waals surface area contributed by atoms with Gasteiger partial charge in [0, 0.05) is 43.7 Å². The minimum absolute atomic E-state index is 0.676. The van der Waals surface area contributed by atoms with Crippen LogP contribution in [0.1, 0.15) is 24.6 Å². The van der Waals surface area contributed by atoms with Crippen molar-refractivity contribution in [3.63, 3.8) is 0 Å². The summed E-state index contributed by atoms with van der Waals surface area (Å²) in [6, 6.07) is 1.94. The van der Waals surface area contributed by atoms with Gasteiger partial charge in [-0.25, -0.2) is 4.98 Å². The summed E-state index contributed by atoms with van der Waals surface area (Å²) in [6.07, 6.45) is 4.88. The number of aromatic nitrogens is 4. The fourth-order valence-corrected chi connectivity index (χ4v) is 1.73. The number of hydrogen-bond donors (Lipinski definition) is 2. The van der Waals surface area contributed by atoms with Gasteiger partial charge in [0.05, 0.1) is 6.20 Å². The summed E-state index contributed by atoms with van der Waals surface area (Å²) in [5.74, 6) is 1.51. The molecule has 2 aromatic rings. The van der Waals surface area contributed by atoms with Gasteiger partial charge in [-0.2, -0.15) is 10.1 Å². The van der Waals surface area contributed by atoms with E-state index >= 15 is 0 Å². The lowest BCUT2D eigenvalue weighted by Crippen LogP contribution is -2.08. The second kappa shape index (κ2) is 6.17. The molecule has 0 aromatic carbocycles.